The molecule has 4 heteroatoms. The summed E-state index contributed by atoms with van der Waals surface area (Å²) in [7, 11) is 4.20. The maximum atomic E-state index is 13.6. The van der Waals surface area contributed by atoms with Crippen LogP contribution in [0.15, 0.2) is 42.5 Å². The Morgan fingerprint density at radius 3 is 2.58 bits per heavy atom. The van der Waals surface area contributed by atoms with Crippen LogP contribution in [-0.4, -0.2) is 32.1 Å². The lowest BCUT2D eigenvalue weighted by Crippen LogP contribution is -2.28. The standard InChI is InChI=1S/C27H37FN2O/c1-30(2)16-6-15-27(24-10-12-25(28)13-11-24)26-14-9-22(17-23(26)20-31-27)19-29-18-21-7-4-3-5-8-21/h9-14,17,21,29H,3-8,15-16,18-20H2,1-2H3. The Labute approximate surface area is 187 Å². The molecular formula is C27H37FN2O. The molecule has 0 aromatic heterocycles. The fourth-order valence-corrected chi connectivity index (χ4v) is 5.31. The molecule has 31 heavy (non-hydrogen) atoms. The van der Waals surface area contributed by atoms with Crippen molar-refractivity contribution in [1.82, 2.24) is 10.2 Å². The first-order chi connectivity index (χ1) is 15.1. The molecule has 1 unspecified atom stereocenters. The van der Waals surface area contributed by atoms with Crippen LogP contribution in [0.4, 0.5) is 4.39 Å². The van der Waals surface area contributed by atoms with Gasteiger partial charge in [0.15, 0.2) is 0 Å². The summed E-state index contributed by atoms with van der Waals surface area (Å²) >= 11 is 0. The van der Waals surface area contributed by atoms with E-state index in [1.54, 1.807) is 12.1 Å². The summed E-state index contributed by atoms with van der Waals surface area (Å²) in [6, 6.07) is 13.7. The Kier molecular flexibility index (Phi) is 7.42. The maximum Gasteiger partial charge on any atom is 0.123 e. The molecule has 1 heterocycles. The van der Waals surface area contributed by atoms with Crippen molar-refractivity contribution in [2.75, 3.05) is 27.2 Å². The number of hydrogen-bond donors (Lipinski definition) is 1. The summed E-state index contributed by atoms with van der Waals surface area (Å²) in [4.78, 5) is 2.20. The van der Waals surface area contributed by atoms with E-state index in [9.17, 15) is 4.39 Å². The fourth-order valence-electron chi connectivity index (χ4n) is 5.31. The minimum absolute atomic E-state index is 0.204. The Balaban J connectivity index is 1.49. The maximum absolute atomic E-state index is 13.6. The molecule has 1 aliphatic heterocycles. The monoisotopic (exact) mass is 424 g/mol. The normalized spacial score (nSPS) is 21.5. The predicted molar refractivity (Wildman–Crippen MR) is 124 cm³/mol. The molecule has 4 rings (SSSR count). The second-order valence-corrected chi connectivity index (χ2v) is 9.66. The first kappa shape index (κ1) is 22.4. The van der Waals surface area contributed by atoms with Gasteiger partial charge in [-0.25, -0.2) is 4.39 Å². The molecule has 3 nitrogen and oxygen atoms in total. The summed E-state index contributed by atoms with van der Waals surface area (Å²) in [5.41, 5.74) is 4.41. The average molecular weight is 425 g/mol. The van der Waals surface area contributed by atoms with Crippen LogP contribution in [0, 0.1) is 11.7 Å². The van der Waals surface area contributed by atoms with Gasteiger partial charge < -0.3 is 15.0 Å². The highest BCUT2D eigenvalue weighted by Crippen LogP contribution is 2.45. The van der Waals surface area contributed by atoms with Gasteiger partial charge in [-0.2, -0.15) is 0 Å². The smallest absolute Gasteiger partial charge is 0.123 e. The first-order valence-corrected chi connectivity index (χ1v) is 11.9. The van der Waals surface area contributed by atoms with E-state index < -0.39 is 5.60 Å². The van der Waals surface area contributed by atoms with Crippen LogP contribution < -0.4 is 5.32 Å². The van der Waals surface area contributed by atoms with Crippen LogP contribution in [0.5, 0.6) is 0 Å². The Morgan fingerprint density at radius 1 is 1.06 bits per heavy atom. The molecule has 1 atom stereocenters. The van der Waals surface area contributed by atoms with E-state index in [0.29, 0.717) is 6.61 Å². The number of nitrogens with zero attached hydrogens (tertiary/aromatic N) is 1. The molecule has 1 saturated carbocycles. The molecule has 1 fully saturated rings. The van der Waals surface area contributed by atoms with Gasteiger partial charge in [0.05, 0.1) is 6.61 Å². The van der Waals surface area contributed by atoms with E-state index in [1.807, 2.05) is 12.1 Å². The van der Waals surface area contributed by atoms with Gasteiger partial charge in [0, 0.05) is 6.54 Å². The second-order valence-electron chi connectivity index (χ2n) is 9.66. The molecular weight excluding hydrogens is 387 g/mol. The molecule has 0 radical (unpaired) electrons. The van der Waals surface area contributed by atoms with Crippen molar-refractivity contribution in [2.45, 2.75) is 63.7 Å². The van der Waals surface area contributed by atoms with Crippen LogP contribution in [0.2, 0.25) is 0 Å². The van der Waals surface area contributed by atoms with Crippen LogP contribution in [0.25, 0.3) is 0 Å². The van der Waals surface area contributed by atoms with Crippen molar-refractivity contribution in [3.05, 3.63) is 70.5 Å². The predicted octanol–water partition coefficient (Wildman–Crippen LogP) is 5.61. The number of halogens is 1. The van der Waals surface area contributed by atoms with E-state index in [1.165, 1.54) is 48.8 Å². The van der Waals surface area contributed by atoms with Gasteiger partial charge >= 0.3 is 0 Å². The van der Waals surface area contributed by atoms with Crippen molar-refractivity contribution in [3.63, 3.8) is 0 Å². The summed E-state index contributed by atoms with van der Waals surface area (Å²) in [6.07, 6.45) is 8.85. The number of ether oxygens (including phenoxy) is 1. The Morgan fingerprint density at radius 2 is 1.84 bits per heavy atom. The molecule has 0 bridgehead atoms. The quantitative estimate of drug-likeness (QED) is 0.566. The third-order valence-electron chi connectivity index (χ3n) is 7.01. The van der Waals surface area contributed by atoms with Gasteiger partial charge in [0.25, 0.3) is 0 Å². The highest BCUT2D eigenvalue weighted by molar-refractivity contribution is 5.45. The molecule has 0 spiro atoms. The number of nitrogens with one attached hydrogen (secondary N) is 1. The number of benzene rings is 2. The lowest BCUT2D eigenvalue weighted by molar-refractivity contribution is -0.0140. The van der Waals surface area contributed by atoms with Crippen molar-refractivity contribution in [3.8, 4) is 0 Å². The molecule has 168 valence electrons. The van der Waals surface area contributed by atoms with Crippen molar-refractivity contribution < 1.29 is 9.13 Å². The number of fused-ring (bicyclic) bond motifs is 1. The topological polar surface area (TPSA) is 24.5 Å². The van der Waals surface area contributed by atoms with Gasteiger partial charge in [0.2, 0.25) is 0 Å². The SMILES string of the molecule is CN(C)CCCC1(c2ccc(F)cc2)OCc2cc(CNCC3CCCCC3)ccc21. The van der Waals surface area contributed by atoms with E-state index in [-0.39, 0.29) is 5.82 Å². The largest absolute Gasteiger partial charge is 0.361 e. The average Bonchev–Trinajstić information content (AvgIpc) is 3.14. The molecule has 1 aliphatic carbocycles. The lowest BCUT2D eigenvalue weighted by Gasteiger charge is -2.31. The molecule has 0 saturated heterocycles. The summed E-state index contributed by atoms with van der Waals surface area (Å²) in [5, 5.41) is 3.68. The minimum atomic E-state index is -0.479. The van der Waals surface area contributed by atoms with E-state index in [0.717, 1.165) is 44.0 Å². The zero-order chi connectivity index (χ0) is 21.7. The first-order valence-electron chi connectivity index (χ1n) is 11.9. The van der Waals surface area contributed by atoms with Gasteiger partial charge in [-0.15, -0.1) is 0 Å². The van der Waals surface area contributed by atoms with Crippen LogP contribution >= 0.6 is 0 Å². The van der Waals surface area contributed by atoms with E-state index >= 15 is 0 Å². The van der Waals surface area contributed by atoms with Crippen molar-refractivity contribution in [1.29, 1.82) is 0 Å². The summed E-state index contributed by atoms with van der Waals surface area (Å²) < 4.78 is 20.1. The van der Waals surface area contributed by atoms with Gasteiger partial charge in [0.1, 0.15) is 11.4 Å². The second kappa shape index (κ2) is 10.2. The number of hydrogen-bond acceptors (Lipinski definition) is 3. The fraction of sp³-hybridized carbons (Fsp3) is 0.556. The highest BCUT2D eigenvalue weighted by Gasteiger charge is 2.41. The third kappa shape index (κ3) is 5.36. The van der Waals surface area contributed by atoms with Crippen molar-refractivity contribution in [2.24, 2.45) is 5.92 Å². The van der Waals surface area contributed by atoms with Crippen LogP contribution in [0.1, 0.15) is 67.2 Å². The Hall–Kier alpha value is -1.75. The van der Waals surface area contributed by atoms with Gasteiger partial charge in [-0.1, -0.05) is 49.6 Å². The Bertz CT molecular complexity index is 845. The van der Waals surface area contributed by atoms with Crippen LogP contribution in [0.3, 0.4) is 0 Å². The summed E-state index contributed by atoms with van der Waals surface area (Å²) in [5.74, 6) is 0.638. The molecule has 2 aliphatic rings. The van der Waals surface area contributed by atoms with Gasteiger partial charge in [-0.3, -0.25) is 0 Å². The van der Waals surface area contributed by atoms with Crippen molar-refractivity contribution >= 4 is 0 Å². The molecule has 2 aromatic carbocycles. The zero-order valence-corrected chi connectivity index (χ0v) is 19.1. The van der Waals surface area contributed by atoms with Gasteiger partial charge in [-0.05, 0) is 93.2 Å². The summed E-state index contributed by atoms with van der Waals surface area (Å²) in [6.45, 7) is 3.65. The number of rotatable bonds is 9. The minimum Gasteiger partial charge on any atom is -0.361 e. The molecule has 2 aromatic rings. The third-order valence-corrected chi connectivity index (χ3v) is 7.01. The molecule has 1 N–H and O–H groups in total. The van der Waals surface area contributed by atoms with E-state index in [2.05, 4.69) is 42.5 Å². The highest BCUT2D eigenvalue weighted by atomic mass is 19.1. The van der Waals surface area contributed by atoms with Crippen LogP contribution in [-0.2, 0) is 23.5 Å². The van der Waals surface area contributed by atoms with E-state index in [4.69, 9.17) is 4.74 Å². The zero-order valence-electron chi connectivity index (χ0n) is 19.1. The molecule has 0 amide bonds. The lowest BCUT2D eigenvalue weighted by atomic mass is 9.81.